The van der Waals surface area contributed by atoms with E-state index < -0.39 is 0 Å². The Morgan fingerprint density at radius 1 is 1.83 bits per heavy atom. The Morgan fingerprint density at radius 2 is 2.50 bits per heavy atom. The number of thiazole rings is 1. The smallest absolute Gasteiger partial charge is 0.191 e. The fraction of sp³-hybridized carbons (Fsp3) is 0.500. The minimum absolute atomic E-state index is 0.00287. The van der Waals surface area contributed by atoms with E-state index in [2.05, 4.69) is 4.98 Å². The number of rotatable bonds is 3. The van der Waals surface area contributed by atoms with Crippen molar-refractivity contribution in [1.82, 2.24) is 4.98 Å². The molecule has 0 aliphatic heterocycles. The Balaban J connectivity index is 2.78. The van der Waals surface area contributed by atoms with E-state index in [1.807, 2.05) is 13.8 Å². The van der Waals surface area contributed by atoms with Crippen molar-refractivity contribution in [3.05, 3.63) is 16.1 Å². The second-order valence-corrected chi connectivity index (χ2v) is 3.86. The third kappa shape index (κ3) is 1.89. The zero-order valence-corrected chi connectivity index (χ0v) is 8.02. The van der Waals surface area contributed by atoms with E-state index >= 15 is 0 Å². The van der Waals surface area contributed by atoms with Gasteiger partial charge in [-0.3, -0.25) is 4.79 Å². The van der Waals surface area contributed by atoms with Crippen LogP contribution in [0.2, 0.25) is 0 Å². The van der Waals surface area contributed by atoms with E-state index in [4.69, 9.17) is 5.73 Å². The molecule has 0 aliphatic rings. The summed E-state index contributed by atoms with van der Waals surface area (Å²) in [7, 11) is 0. The zero-order chi connectivity index (χ0) is 9.14. The van der Waals surface area contributed by atoms with Crippen LogP contribution in [0.4, 0.5) is 0 Å². The van der Waals surface area contributed by atoms with Gasteiger partial charge in [0, 0.05) is 6.20 Å². The van der Waals surface area contributed by atoms with Crippen molar-refractivity contribution >= 4 is 17.1 Å². The highest BCUT2D eigenvalue weighted by atomic mass is 32.1. The Labute approximate surface area is 75.6 Å². The third-order valence-corrected chi connectivity index (χ3v) is 2.57. The fourth-order valence-corrected chi connectivity index (χ4v) is 1.62. The van der Waals surface area contributed by atoms with Gasteiger partial charge < -0.3 is 5.73 Å². The Kier molecular flexibility index (Phi) is 2.94. The van der Waals surface area contributed by atoms with Gasteiger partial charge in [0.25, 0.3) is 0 Å². The molecule has 1 unspecified atom stereocenters. The second-order valence-electron chi connectivity index (χ2n) is 2.62. The lowest BCUT2D eigenvalue weighted by molar-refractivity contribution is 0.0963. The molecule has 66 valence electrons. The minimum Gasteiger partial charge on any atom is -0.321 e. The number of carbonyl (C=O) groups is 1. The number of hydrogen-bond donors (Lipinski definition) is 1. The number of ketones is 1. The van der Waals surface area contributed by atoms with Gasteiger partial charge in [-0.1, -0.05) is 6.92 Å². The maximum Gasteiger partial charge on any atom is 0.191 e. The molecule has 0 amide bonds. The summed E-state index contributed by atoms with van der Waals surface area (Å²) in [6.07, 6.45) is 2.27. The number of nitrogens with two attached hydrogens (primary N) is 1. The van der Waals surface area contributed by atoms with Gasteiger partial charge in [-0.2, -0.15) is 0 Å². The average molecular weight is 184 g/mol. The van der Waals surface area contributed by atoms with E-state index in [-0.39, 0.29) is 11.8 Å². The maximum absolute atomic E-state index is 11.4. The van der Waals surface area contributed by atoms with Gasteiger partial charge in [-0.15, -0.1) is 11.3 Å². The van der Waals surface area contributed by atoms with Crippen molar-refractivity contribution < 1.29 is 4.79 Å². The van der Waals surface area contributed by atoms with Gasteiger partial charge in [0.1, 0.15) is 0 Å². The fourth-order valence-electron chi connectivity index (χ4n) is 0.843. The Hall–Kier alpha value is -0.740. The van der Waals surface area contributed by atoms with E-state index in [0.717, 1.165) is 5.01 Å². The molecule has 0 aliphatic carbocycles. The molecule has 0 spiro atoms. The highest BCUT2D eigenvalue weighted by molar-refractivity contribution is 7.13. The first-order chi connectivity index (χ1) is 5.65. The normalized spacial score (nSPS) is 12.9. The molecule has 4 heteroatoms. The number of aryl methyl sites for hydroxylation is 1. The topological polar surface area (TPSA) is 56.0 Å². The van der Waals surface area contributed by atoms with Crippen LogP contribution in [0.25, 0.3) is 0 Å². The number of nitrogens with zero attached hydrogens (tertiary/aromatic N) is 1. The molecule has 3 nitrogen and oxygen atoms in total. The van der Waals surface area contributed by atoms with Crippen LogP contribution in [0, 0.1) is 6.92 Å². The molecule has 0 aromatic carbocycles. The van der Waals surface area contributed by atoms with Crippen molar-refractivity contribution in [1.29, 1.82) is 0 Å². The van der Waals surface area contributed by atoms with Crippen LogP contribution in [0.15, 0.2) is 6.20 Å². The summed E-state index contributed by atoms with van der Waals surface area (Å²) < 4.78 is 0. The van der Waals surface area contributed by atoms with E-state index in [1.165, 1.54) is 11.3 Å². The first kappa shape index (κ1) is 9.35. The number of Topliss-reactive ketones (excluding diaryl/α,β-unsaturated/α-hetero) is 1. The van der Waals surface area contributed by atoms with E-state index in [9.17, 15) is 4.79 Å². The SMILES string of the molecule is CCC(N)C(=O)c1cnc(C)s1. The van der Waals surface area contributed by atoms with Crippen molar-refractivity contribution in [2.24, 2.45) is 5.73 Å². The molecule has 12 heavy (non-hydrogen) atoms. The predicted octanol–water partition coefficient (Wildman–Crippen LogP) is 1.37. The maximum atomic E-state index is 11.4. The van der Waals surface area contributed by atoms with Gasteiger partial charge in [0.15, 0.2) is 5.78 Å². The van der Waals surface area contributed by atoms with Crippen LogP contribution < -0.4 is 5.73 Å². The highest BCUT2D eigenvalue weighted by Crippen LogP contribution is 2.13. The Morgan fingerprint density at radius 3 is 2.92 bits per heavy atom. The predicted molar refractivity (Wildman–Crippen MR) is 49.4 cm³/mol. The molecule has 1 aromatic rings. The molecule has 1 atom stereocenters. The van der Waals surface area contributed by atoms with Gasteiger partial charge in [-0.25, -0.2) is 4.98 Å². The zero-order valence-electron chi connectivity index (χ0n) is 7.20. The van der Waals surface area contributed by atoms with Gasteiger partial charge in [0.2, 0.25) is 0 Å². The lowest BCUT2D eigenvalue weighted by Gasteiger charge is -2.03. The summed E-state index contributed by atoms with van der Waals surface area (Å²) in [5, 5.41) is 0.904. The monoisotopic (exact) mass is 184 g/mol. The molecule has 1 heterocycles. The minimum atomic E-state index is -0.371. The molecule has 0 saturated heterocycles. The van der Waals surface area contributed by atoms with Crippen LogP contribution in [0.3, 0.4) is 0 Å². The molecule has 0 fully saturated rings. The van der Waals surface area contributed by atoms with Crippen LogP contribution >= 0.6 is 11.3 Å². The summed E-state index contributed by atoms with van der Waals surface area (Å²) in [6, 6.07) is -0.371. The molecule has 2 N–H and O–H groups in total. The molecular weight excluding hydrogens is 172 g/mol. The molecule has 0 saturated carbocycles. The van der Waals surface area contributed by atoms with Crippen LogP contribution in [-0.4, -0.2) is 16.8 Å². The van der Waals surface area contributed by atoms with E-state index in [1.54, 1.807) is 6.20 Å². The summed E-state index contributed by atoms with van der Waals surface area (Å²) in [4.78, 5) is 16.1. The molecular formula is C8H12N2OS. The number of aromatic nitrogens is 1. The van der Waals surface area contributed by atoms with Crippen LogP contribution in [0.5, 0.6) is 0 Å². The van der Waals surface area contributed by atoms with Gasteiger partial charge in [0.05, 0.1) is 15.9 Å². The summed E-state index contributed by atoms with van der Waals surface area (Å²) >= 11 is 1.40. The van der Waals surface area contributed by atoms with E-state index in [0.29, 0.717) is 11.3 Å². The van der Waals surface area contributed by atoms with Crippen molar-refractivity contribution in [3.8, 4) is 0 Å². The number of hydrogen-bond acceptors (Lipinski definition) is 4. The lowest BCUT2D eigenvalue weighted by atomic mass is 10.1. The quantitative estimate of drug-likeness (QED) is 0.722. The summed E-state index contributed by atoms with van der Waals surface area (Å²) in [5.74, 6) is 0.00287. The molecule has 1 rings (SSSR count). The molecule has 1 aromatic heterocycles. The average Bonchev–Trinajstić information content (AvgIpc) is 2.49. The summed E-state index contributed by atoms with van der Waals surface area (Å²) in [6.45, 7) is 3.77. The van der Waals surface area contributed by atoms with Crippen molar-refractivity contribution in [2.75, 3.05) is 0 Å². The van der Waals surface area contributed by atoms with Gasteiger partial charge in [-0.05, 0) is 13.3 Å². The Bertz CT molecular complexity index is 282. The second kappa shape index (κ2) is 3.78. The largest absolute Gasteiger partial charge is 0.321 e. The lowest BCUT2D eigenvalue weighted by Crippen LogP contribution is -2.28. The van der Waals surface area contributed by atoms with Crippen LogP contribution in [0.1, 0.15) is 28.0 Å². The first-order valence-corrected chi connectivity index (χ1v) is 4.69. The third-order valence-electron chi connectivity index (χ3n) is 1.64. The van der Waals surface area contributed by atoms with Crippen LogP contribution in [-0.2, 0) is 0 Å². The van der Waals surface area contributed by atoms with Gasteiger partial charge >= 0.3 is 0 Å². The molecule has 0 radical (unpaired) electrons. The van der Waals surface area contributed by atoms with Crippen molar-refractivity contribution in [2.45, 2.75) is 26.3 Å². The summed E-state index contributed by atoms with van der Waals surface area (Å²) in [5.41, 5.74) is 5.59. The highest BCUT2D eigenvalue weighted by Gasteiger charge is 2.15. The standard InChI is InChI=1S/C8H12N2OS/c1-3-6(9)8(11)7-4-10-5(2)12-7/h4,6H,3,9H2,1-2H3. The van der Waals surface area contributed by atoms with Crippen molar-refractivity contribution in [3.63, 3.8) is 0 Å². The molecule has 0 bridgehead atoms. The first-order valence-electron chi connectivity index (χ1n) is 3.87. The number of carbonyl (C=O) groups excluding carboxylic acids is 1.